The summed E-state index contributed by atoms with van der Waals surface area (Å²) in [4.78, 5) is 0. The van der Waals surface area contributed by atoms with Crippen molar-refractivity contribution in [1.29, 1.82) is 0 Å². The van der Waals surface area contributed by atoms with Crippen LogP contribution in [0.25, 0.3) is 0 Å². The molecule has 0 spiro atoms. The molecule has 1 aromatic carbocycles. The number of hydrogen-bond donors (Lipinski definition) is 1. The first-order chi connectivity index (χ1) is 10.2. The van der Waals surface area contributed by atoms with Crippen LogP contribution in [0.2, 0.25) is 0 Å². The minimum absolute atomic E-state index is 0.621. The Balaban J connectivity index is 2.00. The van der Waals surface area contributed by atoms with E-state index < -0.39 is 6.10 Å². The second-order valence-corrected chi connectivity index (χ2v) is 5.78. The van der Waals surface area contributed by atoms with Gasteiger partial charge in [0.2, 0.25) is 0 Å². The Labute approximate surface area is 131 Å². The number of aliphatic hydroxyl groups is 1. The van der Waals surface area contributed by atoms with Gasteiger partial charge < -0.3 is 19.0 Å². The van der Waals surface area contributed by atoms with Crippen LogP contribution in [0.15, 0.2) is 33.4 Å². The smallest absolute Gasteiger partial charge is 0.162 e. The van der Waals surface area contributed by atoms with Gasteiger partial charge in [0, 0.05) is 28.4 Å². The molecule has 0 aliphatic carbocycles. The van der Waals surface area contributed by atoms with Gasteiger partial charge in [0.05, 0.1) is 19.5 Å². The summed E-state index contributed by atoms with van der Waals surface area (Å²) < 4.78 is 17.5. The quantitative estimate of drug-likeness (QED) is 0.911. The largest absolute Gasteiger partial charge is 0.490 e. The number of ether oxygens (including phenoxy) is 2. The molecule has 0 saturated heterocycles. The normalized spacial score (nSPS) is 15.6. The summed E-state index contributed by atoms with van der Waals surface area (Å²) in [6.07, 6.45) is 2.44. The lowest BCUT2D eigenvalue weighted by Crippen LogP contribution is -2.03. The average Bonchev–Trinajstić information content (AvgIpc) is 2.85. The molecule has 1 unspecified atom stereocenters. The highest BCUT2D eigenvalue weighted by atomic mass is 79.9. The van der Waals surface area contributed by atoms with Crippen molar-refractivity contribution in [2.75, 3.05) is 13.2 Å². The van der Waals surface area contributed by atoms with E-state index >= 15 is 0 Å². The standard InChI is InChI=1S/C16H17BrO4/c1-2-13-10(4-7-21-13)16(18)11-8-14-15(9-12(11)17)20-6-3-5-19-14/h4,7-9,16,18H,2-3,5-6H2,1H3. The zero-order chi connectivity index (χ0) is 14.8. The van der Waals surface area contributed by atoms with Gasteiger partial charge in [0.25, 0.3) is 0 Å². The minimum atomic E-state index is -0.759. The lowest BCUT2D eigenvalue weighted by atomic mass is 10.0. The number of halogens is 1. The van der Waals surface area contributed by atoms with E-state index in [1.807, 2.05) is 19.1 Å². The molecule has 0 bridgehead atoms. The third-order valence-electron chi connectivity index (χ3n) is 3.56. The van der Waals surface area contributed by atoms with Gasteiger partial charge in [-0.25, -0.2) is 0 Å². The van der Waals surface area contributed by atoms with E-state index in [9.17, 15) is 5.11 Å². The van der Waals surface area contributed by atoms with Gasteiger partial charge in [-0.15, -0.1) is 0 Å². The highest BCUT2D eigenvalue weighted by molar-refractivity contribution is 9.10. The van der Waals surface area contributed by atoms with Crippen molar-refractivity contribution in [2.45, 2.75) is 25.9 Å². The molecular weight excluding hydrogens is 336 g/mol. The van der Waals surface area contributed by atoms with E-state index in [-0.39, 0.29) is 0 Å². The van der Waals surface area contributed by atoms with Crippen molar-refractivity contribution in [3.63, 3.8) is 0 Å². The number of aliphatic hydroxyl groups excluding tert-OH is 1. The Morgan fingerprint density at radius 2 is 1.90 bits per heavy atom. The summed E-state index contributed by atoms with van der Waals surface area (Å²) in [5.41, 5.74) is 1.53. The summed E-state index contributed by atoms with van der Waals surface area (Å²) in [5.74, 6) is 2.17. The van der Waals surface area contributed by atoms with Crippen molar-refractivity contribution in [2.24, 2.45) is 0 Å². The molecule has 0 fully saturated rings. The Kier molecular flexibility index (Phi) is 4.22. The molecule has 1 aliphatic heterocycles. The minimum Gasteiger partial charge on any atom is -0.490 e. The fraction of sp³-hybridized carbons (Fsp3) is 0.375. The predicted octanol–water partition coefficient (Wildman–Crippen LogP) is 3.85. The van der Waals surface area contributed by atoms with Crippen molar-refractivity contribution < 1.29 is 19.0 Å². The van der Waals surface area contributed by atoms with E-state index in [1.54, 1.807) is 12.3 Å². The monoisotopic (exact) mass is 352 g/mol. The van der Waals surface area contributed by atoms with Crippen LogP contribution in [0, 0.1) is 0 Å². The molecule has 1 aromatic heterocycles. The average molecular weight is 353 g/mol. The molecule has 1 atom stereocenters. The van der Waals surface area contributed by atoms with Crippen LogP contribution in [0.5, 0.6) is 11.5 Å². The highest BCUT2D eigenvalue weighted by Crippen LogP contribution is 2.39. The second kappa shape index (κ2) is 6.12. The van der Waals surface area contributed by atoms with Crippen LogP contribution in [-0.4, -0.2) is 18.3 Å². The van der Waals surface area contributed by atoms with Gasteiger partial charge in [-0.1, -0.05) is 22.9 Å². The predicted molar refractivity (Wildman–Crippen MR) is 81.9 cm³/mol. The molecule has 1 N–H and O–H groups in total. The Bertz CT molecular complexity index is 635. The first-order valence-electron chi connectivity index (χ1n) is 7.04. The van der Waals surface area contributed by atoms with Gasteiger partial charge >= 0.3 is 0 Å². The van der Waals surface area contributed by atoms with Crippen LogP contribution in [0.3, 0.4) is 0 Å². The van der Waals surface area contributed by atoms with Gasteiger partial charge in [0.15, 0.2) is 11.5 Å². The summed E-state index contributed by atoms with van der Waals surface area (Å²) in [6, 6.07) is 5.49. The summed E-state index contributed by atoms with van der Waals surface area (Å²) in [6.45, 7) is 3.26. The highest BCUT2D eigenvalue weighted by Gasteiger charge is 2.22. The van der Waals surface area contributed by atoms with Crippen molar-refractivity contribution in [3.05, 3.63) is 45.8 Å². The van der Waals surface area contributed by atoms with E-state index in [0.717, 1.165) is 34.2 Å². The molecule has 3 rings (SSSR count). The molecule has 112 valence electrons. The number of rotatable bonds is 3. The number of benzene rings is 1. The lowest BCUT2D eigenvalue weighted by molar-refractivity contribution is 0.215. The van der Waals surface area contributed by atoms with Gasteiger partial charge in [0.1, 0.15) is 11.9 Å². The van der Waals surface area contributed by atoms with Crippen LogP contribution in [0.4, 0.5) is 0 Å². The third-order valence-corrected chi connectivity index (χ3v) is 4.24. The molecule has 2 heterocycles. The molecule has 21 heavy (non-hydrogen) atoms. The van der Waals surface area contributed by atoms with E-state index in [0.29, 0.717) is 24.7 Å². The SMILES string of the molecule is CCc1occc1C(O)c1cc2c(cc1Br)OCCCO2. The summed E-state index contributed by atoms with van der Waals surface area (Å²) in [7, 11) is 0. The molecule has 1 aliphatic rings. The molecule has 4 nitrogen and oxygen atoms in total. The Morgan fingerprint density at radius 3 is 2.62 bits per heavy atom. The fourth-order valence-electron chi connectivity index (χ4n) is 2.46. The van der Waals surface area contributed by atoms with Gasteiger partial charge in [-0.3, -0.25) is 0 Å². The summed E-state index contributed by atoms with van der Waals surface area (Å²) in [5, 5.41) is 10.7. The van der Waals surface area contributed by atoms with Crippen molar-refractivity contribution in [3.8, 4) is 11.5 Å². The van der Waals surface area contributed by atoms with Crippen LogP contribution >= 0.6 is 15.9 Å². The van der Waals surface area contributed by atoms with Crippen LogP contribution in [-0.2, 0) is 6.42 Å². The van der Waals surface area contributed by atoms with Crippen LogP contribution < -0.4 is 9.47 Å². The maximum Gasteiger partial charge on any atom is 0.162 e. The zero-order valence-corrected chi connectivity index (χ0v) is 13.4. The molecule has 0 saturated carbocycles. The Hall–Kier alpha value is -1.46. The zero-order valence-electron chi connectivity index (χ0n) is 11.8. The van der Waals surface area contributed by atoms with Crippen LogP contribution in [0.1, 0.15) is 36.3 Å². The lowest BCUT2D eigenvalue weighted by Gasteiger charge is -2.16. The van der Waals surface area contributed by atoms with E-state index in [4.69, 9.17) is 13.9 Å². The first kappa shape index (κ1) is 14.5. The topological polar surface area (TPSA) is 51.8 Å². The maximum atomic E-state index is 10.7. The van der Waals surface area contributed by atoms with E-state index in [1.165, 1.54) is 0 Å². The maximum absolute atomic E-state index is 10.7. The first-order valence-corrected chi connectivity index (χ1v) is 7.83. The molecule has 0 radical (unpaired) electrons. The second-order valence-electron chi connectivity index (χ2n) is 4.93. The molecule has 0 amide bonds. The number of hydrogen-bond acceptors (Lipinski definition) is 4. The Morgan fingerprint density at radius 1 is 1.19 bits per heavy atom. The molecule has 2 aromatic rings. The number of aryl methyl sites for hydroxylation is 1. The summed E-state index contributed by atoms with van der Waals surface area (Å²) >= 11 is 3.51. The number of furan rings is 1. The van der Waals surface area contributed by atoms with Crippen molar-refractivity contribution in [1.82, 2.24) is 0 Å². The number of fused-ring (bicyclic) bond motifs is 1. The fourth-order valence-corrected chi connectivity index (χ4v) is 3.00. The molecular formula is C16H17BrO4. The third kappa shape index (κ3) is 2.80. The molecule has 5 heteroatoms. The van der Waals surface area contributed by atoms with Gasteiger partial charge in [-0.2, -0.15) is 0 Å². The van der Waals surface area contributed by atoms with Crippen molar-refractivity contribution >= 4 is 15.9 Å². The van der Waals surface area contributed by atoms with Gasteiger partial charge in [-0.05, 0) is 18.2 Å². The van der Waals surface area contributed by atoms with E-state index in [2.05, 4.69) is 15.9 Å².